The molecule has 0 saturated heterocycles. The van der Waals surface area contributed by atoms with Crippen LogP contribution in [0.15, 0.2) is 16.8 Å². The summed E-state index contributed by atoms with van der Waals surface area (Å²) >= 11 is 6.39. The smallest absolute Gasteiger partial charge is 0.252 e. The molecule has 1 aromatic heterocycles. The van der Waals surface area contributed by atoms with Crippen LogP contribution in [0.3, 0.4) is 0 Å². The maximum Gasteiger partial charge on any atom is 0.252 e. The highest BCUT2D eigenvalue weighted by atomic mass is 32.1. The Morgan fingerprint density at radius 1 is 1.60 bits per heavy atom. The van der Waals surface area contributed by atoms with E-state index in [2.05, 4.69) is 5.32 Å². The lowest BCUT2D eigenvalue weighted by Crippen LogP contribution is -2.46. The van der Waals surface area contributed by atoms with E-state index >= 15 is 0 Å². The Bertz CT molecular complexity index is 346. The number of carbonyl (C=O) groups is 1. The Kier molecular flexibility index (Phi) is 4.23. The molecule has 3 nitrogen and oxygen atoms in total. The summed E-state index contributed by atoms with van der Waals surface area (Å²) in [6, 6.07) is 1.53. The lowest BCUT2D eigenvalue weighted by Gasteiger charge is -2.20. The van der Waals surface area contributed by atoms with E-state index in [4.69, 9.17) is 18.0 Å². The molecule has 0 aromatic carbocycles. The zero-order valence-electron chi connectivity index (χ0n) is 8.69. The topological polar surface area (TPSA) is 55.1 Å². The van der Waals surface area contributed by atoms with Gasteiger partial charge in [0.25, 0.3) is 5.91 Å². The van der Waals surface area contributed by atoms with Gasteiger partial charge in [0, 0.05) is 5.38 Å². The third-order valence-corrected chi connectivity index (χ3v) is 2.98. The summed E-state index contributed by atoms with van der Waals surface area (Å²) in [7, 11) is 0. The maximum absolute atomic E-state index is 11.7. The van der Waals surface area contributed by atoms with Gasteiger partial charge in [-0.05, 0) is 17.4 Å². The zero-order valence-corrected chi connectivity index (χ0v) is 10.3. The molecule has 0 spiro atoms. The molecule has 1 amide bonds. The summed E-state index contributed by atoms with van der Waals surface area (Å²) in [5.74, 6) is 0.0767. The van der Waals surface area contributed by atoms with E-state index in [1.807, 2.05) is 19.2 Å². The van der Waals surface area contributed by atoms with Crippen molar-refractivity contribution in [2.24, 2.45) is 11.7 Å². The first-order valence-electron chi connectivity index (χ1n) is 4.64. The van der Waals surface area contributed by atoms with Gasteiger partial charge in [-0.15, -0.1) is 0 Å². The summed E-state index contributed by atoms with van der Waals surface area (Å²) in [5, 5.41) is 6.48. The molecule has 1 heterocycles. The molecule has 15 heavy (non-hydrogen) atoms. The molecule has 3 N–H and O–H groups in total. The molecule has 0 aliphatic rings. The van der Waals surface area contributed by atoms with Crippen LogP contribution in [0.5, 0.6) is 0 Å². The molecule has 1 atom stereocenters. The summed E-state index contributed by atoms with van der Waals surface area (Å²) < 4.78 is 0. The van der Waals surface area contributed by atoms with Gasteiger partial charge in [-0.1, -0.05) is 26.1 Å². The minimum Gasteiger partial charge on any atom is -0.392 e. The predicted molar refractivity (Wildman–Crippen MR) is 67.2 cm³/mol. The van der Waals surface area contributed by atoms with E-state index in [0.717, 1.165) is 0 Å². The van der Waals surface area contributed by atoms with Crippen molar-refractivity contribution in [3.63, 3.8) is 0 Å². The fraction of sp³-hybridized carbons (Fsp3) is 0.400. The summed E-state index contributed by atoms with van der Waals surface area (Å²) in [4.78, 5) is 12.0. The Hall–Kier alpha value is -0.940. The molecule has 0 aliphatic heterocycles. The molecular formula is C10H14N2OS2. The van der Waals surface area contributed by atoms with Crippen molar-refractivity contribution in [1.82, 2.24) is 5.32 Å². The third kappa shape index (κ3) is 3.28. The van der Waals surface area contributed by atoms with E-state index < -0.39 is 0 Å². The van der Waals surface area contributed by atoms with Crippen molar-refractivity contribution in [3.05, 3.63) is 22.4 Å². The summed E-state index contributed by atoms with van der Waals surface area (Å²) in [5.41, 5.74) is 6.21. The lowest BCUT2D eigenvalue weighted by molar-refractivity contribution is 0.0940. The number of rotatable bonds is 4. The minimum atomic E-state index is -0.243. The highest BCUT2D eigenvalue weighted by Crippen LogP contribution is 2.08. The van der Waals surface area contributed by atoms with Gasteiger partial charge >= 0.3 is 0 Å². The normalized spacial score (nSPS) is 12.5. The molecule has 0 aliphatic carbocycles. The van der Waals surface area contributed by atoms with Crippen molar-refractivity contribution in [2.45, 2.75) is 19.9 Å². The first-order chi connectivity index (χ1) is 7.02. The fourth-order valence-electron chi connectivity index (χ4n) is 1.18. The van der Waals surface area contributed by atoms with Crippen LogP contribution in [0, 0.1) is 5.92 Å². The first-order valence-corrected chi connectivity index (χ1v) is 6.00. The summed E-state index contributed by atoms with van der Waals surface area (Å²) in [6.45, 7) is 3.94. The number of hydrogen-bond acceptors (Lipinski definition) is 3. The van der Waals surface area contributed by atoms with Crippen molar-refractivity contribution in [2.75, 3.05) is 0 Å². The molecule has 0 radical (unpaired) electrons. The van der Waals surface area contributed by atoms with Gasteiger partial charge in [0.15, 0.2) is 0 Å². The molecule has 0 saturated carbocycles. The van der Waals surface area contributed by atoms with Crippen LogP contribution in [0.2, 0.25) is 0 Å². The molecule has 0 bridgehead atoms. The van der Waals surface area contributed by atoms with Gasteiger partial charge in [0.2, 0.25) is 0 Å². The molecule has 1 aromatic rings. The second-order valence-electron chi connectivity index (χ2n) is 3.61. The number of thiophene rings is 1. The Morgan fingerprint density at radius 3 is 2.67 bits per heavy atom. The van der Waals surface area contributed by atoms with Gasteiger partial charge < -0.3 is 11.1 Å². The number of carbonyl (C=O) groups excluding carboxylic acids is 1. The molecule has 82 valence electrons. The van der Waals surface area contributed by atoms with Gasteiger partial charge in [0.1, 0.15) is 0 Å². The summed E-state index contributed by atoms with van der Waals surface area (Å²) in [6.07, 6.45) is 0. The second kappa shape index (κ2) is 5.23. The second-order valence-corrected chi connectivity index (χ2v) is 4.86. The van der Waals surface area contributed by atoms with Crippen molar-refractivity contribution >= 4 is 34.5 Å². The highest BCUT2D eigenvalue weighted by molar-refractivity contribution is 7.80. The van der Waals surface area contributed by atoms with Crippen LogP contribution in [0.4, 0.5) is 0 Å². The van der Waals surface area contributed by atoms with Crippen molar-refractivity contribution in [3.8, 4) is 0 Å². The monoisotopic (exact) mass is 242 g/mol. The fourth-order valence-corrected chi connectivity index (χ4v) is 2.15. The number of nitrogens with two attached hydrogens (primary N) is 1. The predicted octanol–water partition coefficient (Wildman–Crippen LogP) is 1.79. The van der Waals surface area contributed by atoms with Gasteiger partial charge in [-0.2, -0.15) is 11.3 Å². The molecule has 0 fully saturated rings. The molecule has 1 unspecified atom stereocenters. The number of thiocarbonyl (C=S) groups is 1. The van der Waals surface area contributed by atoms with Crippen molar-refractivity contribution in [1.29, 1.82) is 0 Å². The van der Waals surface area contributed by atoms with E-state index in [1.54, 1.807) is 11.4 Å². The SMILES string of the molecule is CC(C)C(NC(=O)c1ccsc1)C(N)=S. The Morgan fingerprint density at radius 2 is 2.27 bits per heavy atom. The van der Waals surface area contributed by atoms with Crippen LogP contribution in [0.25, 0.3) is 0 Å². The standard InChI is InChI=1S/C10H14N2OS2/c1-6(2)8(9(11)14)12-10(13)7-3-4-15-5-7/h3-6,8H,1-2H3,(H2,11,14)(H,12,13). The quantitative estimate of drug-likeness (QED) is 0.791. The highest BCUT2D eigenvalue weighted by Gasteiger charge is 2.19. The number of nitrogens with one attached hydrogen (secondary N) is 1. The maximum atomic E-state index is 11.7. The Labute approximate surface area is 98.7 Å². The minimum absolute atomic E-state index is 0.122. The van der Waals surface area contributed by atoms with Gasteiger partial charge in [-0.3, -0.25) is 4.79 Å². The van der Waals surface area contributed by atoms with Crippen LogP contribution in [0.1, 0.15) is 24.2 Å². The van der Waals surface area contributed by atoms with Gasteiger partial charge in [0.05, 0.1) is 16.6 Å². The van der Waals surface area contributed by atoms with Crippen LogP contribution < -0.4 is 11.1 Å². The first kappa shape index (κ1) is 12.1. The third-order valence-electron chi connectivity index (χ3n) is 2.04. The average molecular weight is 242 g/mol. The zero-order chi connectivity index (χ0) is 11.4. The van der Waals surface area contributed by atoms with E-state index in [1.165, 1.54) is 11.3 Å². The molecule has 1 rings (SSSR count). The Balaban J connectivity index is 2.67. The van der Waals surface area contributed by atoms with Crippen LogP contribution in [-0.2, 0) is 0 Å². The largest absolute Gasteiger partial charge is 0.392 e. The van der Waals surface area contributed by atoms with E-state index in [-0.39, 0.29) is 17.9 Å². The molecule has 5 heteroatoms. The van der Waals surface area contributed by atoms with E-state index in [9.17, 15) is 4.79 Å². The number of hydrogen-bond donors (Lipinski definition) is 2. The van der Waals surface area contributed by atoms with Gasteiger partial charge in [-0.25, -0.2) is 0 Å². The molecular weight excluding hydrogens is 228 g/mol. The number of amides is 1. The average Bonchev–Trinajstić information content (AvgIpc) is 2.65. The van der Waals surface area contributed by atoms with Crippen LogP contribution in [-0.4, -0.2) is 16.9 Å². The lowest BCUT2D eigenvalue weighted by atomic mass is 10.0. The van der Waals surface area contributed by atoms with E-state index in [0.29, 0.717) is 10.6 Å². The van der Waals surface area contributed by atoms with Crippen LogP contribution >= 0.6 is 23.6 Å². The van der Waals surface area contributed by atoms with Crippen molar-refractivity contribution < 1.29 is 4.79 Å².